The Kier molecular flexibility index (Phi) is 6.57. The second kappa shape index (κ2) is 8.87. The third kappa shape index (κ3) is 5.64. The van der Waals surface area contributed by atoms with Crippen molar-refractivity contribution in [1.82, 2.24) is 5.43 Å². The van der Waals surface area contributed by atoms with E-state index in [4.69, 9.17) is 9.47 Å². The number of methoxy groups -OCH3 is 1. The molecule has 0 spiro atoms. The number of nitrogens with one attached hydrogen (secondary N) is 1. The molecule has 0 aliphatic rings. The number of amides is 1. The number of hydrazone groups is 1. The molecule has 0 heterocycles. The molecule has 132 valence electrons. The lowest BCUT2D eigenvalue weighted by Crippen LogP contribution is -2.24. The molecule has 0 aliphatic carbocycles. The second-order valence-electron chi connectivity index (χ2n) is 6.03. The summed E-state index contributed by atoms with van der Waals surface area (Å²) in [5.41, 5.74) is 5.72. The molecule has 0 saturated carbocycles. The quantitative estimate of drug-likeness (QED) is 0.618. The van der Waals surface area contributed by atoms with Crippen molar-refractivity contribution < 1.29 is 14.3 Å². The van der Waals surface area contributed by atoms with Gasteiger partial charge < -0.3 is 9.47 Å². The molecule has 0 aromatic heterocycles. The summed E-state index contributed by atoms with van der Waals surface area (Å²) in [5, 5.41) is 3.92. The highest BCUT2D eigenvalue weighted by Gasteiger charge is 2.06. The van der Waals surface area contributed by atoms with E-state index in [9.17, 15) is 4.79 Å². The maximum absolute atomic E-state index is 11.8. The van der Waals surface area contributed by atoms with E-state index in [1.807, 2.05) is 49.4 Å². The highest BCUT2D eigenvalue weighted by molar-refractivity contribution is 5.83. The Morgan fingerprint density at radius 2 is 2.00 bits per heavy atom. The smallest absolute Gasteiger partial charge is 0.277 e. The Bertz CT molecular complexity index is 754. The molecule has 2 aromatic carbocycles. The predicted molar refractivity (Wildman–Crippen MR) is 99.5 cm³/mol. The minimum absolute atomic E-state index is 0.0874. The molecule has 0 atom stereocenters. The number of hydrogen-bond donors (Lipinski definition) is 1. The molecule has 5 heteroatoms. The monoisotopic (exact) mass is 340 g/mol. The number of hydrogen-bond acceptors (Lipinski definition) is 4. The largest absolute Gasteiger partial charge is 0.497 e. The lowest BCUT2D eigenvalue weighted by Gasteiger charge is -2.12. The van der Waals surface area contributed by atoms with Gasteiger partial charge in [0.15, 0.2) is 6.61 Å². The van der Waals surface area contributed by atoms with E-state index in [0.29, 0.717) is 11.7 Å². The van der Waals surface area contributed by atoms with Gasteiger partial charge in [-0.15, -0.1) is 0 Å². The molecule has 0 bridgehead atoms. The van der Waals surface area contributed by atoms with Crippen LogP contribution in [0.2, 0.25) is 0 Å². The van der Waals surface area contributed by atoms with Crippen molar-refractivity contribution >= 4 is 12.1 Å². The van der Waals surface area contributed by atoms with E-state index in [1.54, 1.807) is 13.3 Å². The van der Waals surface area contributed by atoms with E-state index in [2.05, 4.69) is 24.4 Å². The summed E-state index contributed by atoms with van der Waals surface area (Å²) in [6.45, 7) is 6.25. The molecule has 25 heavy (non-hydrogen) atoms. The molecule has 0 fully saturated rings. The van der Waals surface area contributed by atoms with E-state index >= 15 is 0 Å². The fourth-order valence-corrected chi connectivity index (χ4v) is 2.47. The molecule has 0 radical (unpaired) electrons. The molecular weight excluding hydrogens is 316 g/mol. The van der Waals surface area contributed by atoms with Gasteiger partial charge in [-0.05, 0) is 53.8 Å². The van der Waals surface area contributed by atoms with Gasteiger partial charge in [0.25, 0.3) is 5.91 Å². The van der Waals surface area contributed by atoms with Crippen LogP contribution in [-0.4, -0.2) is 25.8 Å². The molecule has 1 amide bonds. The fraction of sp³-hybridized carbons (Fsp3) is 0.300. The average molecular weight is 340 g/mol. The molecule has 1 N–H and O–H groups in total. The lowest BCUT2D eigenvalue weighted by atomic mass is 9.98. The molecule has 2 aromatic rings. The number of carbonyl (C=O) groups is 1. The van der Waals surface area contributed by atoms with Gasteiger partial charge in [-0.25, -0.2) is 5.43 Å². The first kappa shape index (κ1) is 18.5. The maximum atomic E-state index is 11.8. The van der Waals surface area contributed by atoms with Crippen molar-refractivity contribution in [3.63, 3.8) is 0 Å². The lowest BCUT2D eigenvalue weighted by molar-refractivity contribution is -0.123. The van der Waals surface area contributed by atoms with Crippen LogP contribution < -0.4 is 14.9 Å². The van der Waals surface area contributed by atoms with Gasteiger partial charge in [-0.1, -0.05) is 32.0 Å². The van der Waals surface area contributed by atoms with Crippen LogP contribution in [0.4, 0.5) is 0 Å². The first-order valence-corrected chi connectivity index (χ1v) is 8.19. The van der Waals surface area contributed by atoms with Crippen LogP contribution in [0, 0.1) is 6.92 Å². The summed E-state index contributed by atoms with van der Waals surface area (Å²) in [7, 11) is 1.60. The predicted octanol–water partition coefficient (Wildman–Crippen LogP) is 3.66. The normalized spacial score (nSPS) is 10.9. The van der Waals surface area contributed by atoms with E-state index in [1.165, 1.54) is 5.56 Å². The fourth-order valence-electron chi connectivity index (χ4n) is 2.47. The third-order valence-electron chi connectivity index (χ3n) is 3.73. The maximum Gasteiger partial charge on any atom is 0.277 e. The highest BCUT2D eigenvalue weighted by Crippen LogP contribution is 2.23. The van der Waals surface area contributed by atoms with Gasteiger partial charge in [0.05, 0.1) is 13.3 Å². The van der Waals surface area contributed by atoms with E-state index in [-0.39, 0.29) is 12.5 Å². The van der Waals surface area contributed by atoms with Crippen molar-refractivity contribution in [2.24, 2.45) is 5.10 Å². The van der Waals surface area contributed by atoms with E-state index in [0.717, 1.165) is 16.9 Å². The summed E-state index contributed by atoms with van der Waals surface area (Å²) in [6, 6.07) is 13.3. The Hall–Kier alpha value is -2.82. The van der Waals surface area contributed by atoms with Crippen LogP contribution in [0.25, 0.3) is 0 Å². The number of aryl methyl sites for hydroxylation is 1. The standard InChI is InChI=1S/C20H24N2O3/c1-14(2)19-9-8-18(10-15(19)3)25-13-20(23)22-21-12-16-6-5-7-17(11-16)24-4/h5-12,14H,13H2,1-4H3,(H,22,23)/b21-12+. The zero-order valence-electron chi connectivity index (χ0n) is 15.1. The van der Waals surface area contributed by atoms with Crippen molar-refractivity contribution in [3.8, 4) is 11.5 Å². The summed E-state index contributed by atoms with van der Waals surface area (Å²) in [5.74, 6) is 1.56. The van der Waals surface area contributed by atoms with Crippen molar-refractivity contribution in [3.05, 3.63) is 59.2 Å². The van der Waals surface area contributed by atoms with Gasteiger partial charge in [-0.2, -0.15) is 5.10 Å². The van der Waals surface area contributed by atoms with Crippen LogP contribution in [0.15, 0.2) is 47.6 Å². The molecular formula is C20H24N2O3. The number of carbonyl (C=O) groups excluding carboxylic acids is 1. The van der Waals surface area contributed by atoms with Crippen molar-refractivity contribution in [2.75, 3.05) is 13.7 Å². The number of ether oxygens (including phenoxy) is 2. The minimum Gasteiger partial charge on any atom is -0.497 e. The van der Waals surface area contributed by atoms with Crippen molar-refractivity contribution in [2.45, 2.75) is 26.7 Å². The first-order valence-electron chi connectivity index (χ1n) is 8.19. The topological polar surface area (TPSA) is 59.9 Å². The summed E-state index contributed by atoms with van der Waals surface area (Å²) in [6.07, 6.45) is 1.56. The minimum atomic E-state index is -0.315. The van der Waals surface area contributed by atoms with Crippen LogP contribution in [0.3, 0.4) is 0 Å². The number of nitrogens with zero attached hydrogens (tertiary/aromatic N) is 1. The van der Waals surface area contributed by atoms with E-state index < -0.39 is 0 Å². The Morgan fingerprint density at radius 1 is 1.20 bits per heavy atom. The van der Waals surface area contributed by atoms with Gasteiger partial charge in [-0.3, -0.25) is 4.79 Å². The molecule has 2 rings (SSSR count). The van der Waals surface area contributed by atoms with Crippen molar-refractivity contribution in [1.29, 1.82) is 0 Å². The SMILES string of the molecule is COc1cccc(/C=N/NC(=O)COc2ccc(C(C)C)c(C)c2)c1. The first-order chi connectivity index (χ1) is 12.0. The molecule has 0 unspecified atom stereocenters. The Morgan fingerprint density at radius 3 is 2.68 bits per heavy atom. The van der Waals surface area contributed by atoms with Crippen LogP contribution in [-0.2, 0) is 4.79 Å². The second-order valence-corrected chi connectivity index (χ2v) is 6.03. The van der Waals surface area contributed by atoms with Gasteiger partial charge in [0.1, 0.15) is 11.5 Å². The number of benzene rings is 2. The Labute approximate surface area is 148 Å². The highest BCUT2D eigenvalue weighted by atomic mass is 16.5. The Balaban J connectivity index is 1.84. The van der Waals surface area contributed by atoms with Gasteiger partial charge >= 0.3 is 0 Å². The molecule has 0 aliphatic heterocycles. The summed E-state index contributed by atoms with van der Waals surface area (Å²) >= 11 is 0. The van der Waals surface area contributed by atoms with Crippen LogP contribution in [0.5, 0.6) is 11.5 Å². The molecule has 5 nitrogen and oxygen atoms in total. The summed E-state index contributed by atoms with van der Waals surface area (Å²) in [4.78, 5) is 11.8. The average Bonchev–Trinajstić information content (AvgIpc) is 2.60. The zero-order chi connectivity index (χ0) is 18.2. The zero-order valence-corrected chi connectivity index (χ0v) is 15.1. The van der Waals surface area contributed by atoms with Crippen LogP contribution in [0.1, 0.15) is 36.5 Å². The van der Waals surface area contributed by atoms with Crippen LogP contribution >= 0.6 is 0 Å². The molecule has 0 saturated heterocycles. The van der Waals surface area contributed by atoms with Gasteiger partial charge in [0.2, 0.25) is 0 Å². The summed E-state index contributed by atoms with van der Waals surface area (Å²) < 4.78 is 10.7. The number of rotatable bonds is 7. The third-order valence-corrected chi connectivity index (χ3v) is 3.73. The van der Waals surface area contributed by atoms with Gasteiger partial charge in [0, 0.05) is 0 Å².